The van der Waals surface area contributed by atoms with Crippen LogP contribution in [0.4, 0.5) is 0 Å². The molecule has 9 heteroatoms. The highest BCUT2D eigenvalue weighted by Crippen LogP contribution is 2.67. The van der Waals surface area contributed by atoms with Gasteiger partial charge in [0.05, 0.1) is 29.8 Å². The number of nitrogens with one attached hydrogen (secondary N) is 1. The van der Waals surface area contributed by atoms with Gasteiger partial charge in [0.25, 0.3) is 0 Å². The molecular formula is C22H35BrN2O5S. The number of amides is 2. The number of β-amino-alcohol motifs (C(OH)–C–C–N with tert-alkyl or cyclic N) is 1. The quantitative estimate of drug-likeness (QED) is 0.396. The van der Waals surface area contributed by atoms with Gasteiger partial charge in [0, 0.05) is 22.2 Å². The van der Waals surface area contributed by atoms with E-state index in [0.29, 0.717) is 6.42 Å². The van der Waals surface area contributed by atoms with Crippen LogP contribution in [0.5, 0.6) is 0 Å². The van der Waals surface area contributed by atoms with Crippen molar-refractivity contribution in [3.63, 3.8) is 0 Å². The Balaban J connectivity index is 1.97. The zero-order valence-electron chi connectivity index (χ0n) is 19.2. The standard InChI is InChI=1S/C22H35BrN2O5S/c1-7-30-19(29)13-14-18(28)25(8-9-26)16(22(14)10-12(23)15(13)31-22)17(27)24-21(5,6)11-20(2,3)4/h12-16,26H,7-11H2,1-6H3,(H,24,27)/t12?,13-,14-,15-,16?,22?/m0/s1. The van der Waals surface area contributed by atoms with E-state index in [9.17, 15) is 19.5 Å². The predicted octanol–water partition coefficient (Wildman–Crippen LogP) is 2.34. The van der Waals surface area contributed by atoms with Gasteiger partial charge in [-0.25, -0.2) is 0 Å². The minimum absolute atomic E-state index is 0.0166. The maximum atomic E-state index is 13.7. The summed E-state index contributed by atoms with van der Waals surface area (Å²) < 4.78 is 4.61. The number of ether oxygens (including phenoxy) is 1. The van der Waals surface area contributed by atoms with Crippen molar-refractivity contribution in [2.24, 2.45) is 17.3 Å². The summed E-state index contributed by atoms with van der Waals surface area (Å²) in [6.07, 6.45) is 1.39. The summed E-state index contributed by atoms with van der Waals surface area (Å²) in [7, 11) is 0. The number of alkyl halides is 1. The molecule has 3 fully saturated rings. The topological polar surface area (TPSA) is 95.9 Å². The molecule has 7 nitrogen and oxygen atoms in total. The van der Waals surface area contributed by atoms with Crippen LogP contribution in [0.25, 0.3) is 0 Å². The first-order chi connectivity index (χ1) is 14.3. The van der Waals surface area contributed by atoms with Crippen LogP contribution in [0.2, 0.25) is 0 Å². The number of halogens is 1. The van der Waals surface area contributed by atoms with Crippen LogP contribution in [-0.2, 0) is 19.1 Å². The number of nitrogens with zero attached hydrogens (tertiary/aromatic N) is 1. The van der Waals surface area contributed by atoms with Crippen molar-refractivity contribution < 1.29 is 24.2 Å². The van der Waals surface area contributed by atoms with E-state index in [1.807, 2.05) is 13.8 Å². The van der Waals surface area contributed by atoms with Gasteiger partial charge in [0.2, 0.25) is 11.8 Å². The minimum Gasteiger partial charge on any atom is -0.466 e. The van der Waals surface area contributed by atoms with Crippen molar-refractivity contribution in [2.45, 2.75) is 80.8 Å². The van der Waals surface area contributed by atoms with Crippen molar-refractivity contribution in [1.29, 1.82) is 0 Å². The summed E-state index contributed by atoms with van der Waals surface area (Å²) in [5.41, 5.74) is -0.446. The van der Waals surface area contributed by atoms with Crippen molar-refractivity contribution in [2.75, 3.05) is 19.8 Å². The molecule has 3 heterocycles. The number of esters is 1. The number of hydrogen-bond donors (Lipinski definition) is 2. The van der Waals surface area contributed by atoms with Gasteiger partial charge in [0.15, 0.2) is 0 Å². The molecule has 6 atom stereocenters. The molecule has 0 aliphatic carbocycles. The molecule has 3 saturated heterocycles. The fourth-order valence-electron chi connectivity index (χ4n) is 6.06. The van der Waals surface area contributed by atoms with E-state index in [1.54, 1.807) is 18.7 Å². The van der Waals surface area contributed by atoms with E-state index < -0.39 is 28.2 Å². The molecule has 3 aliphatic rings. The van der Waals surface area contributed by atoms with E-state index in [1.165, 1.54) is 4.90 Å². The van der Waals surface area contributed by atoms with E-state index in [-0.39, 0.29) is 53.0 Å². The number of carbonyl (C=O) groups excluding carboxylic acids is 3. The number of thioether (sulfide) groups is 1. The van der Waals surface area contributed by atoms with Gasteiger partial charge >= 0.3 is 5.97 Å². The average molecular weight is 520 g/mol. The molecule has 31 heavy (non-hydrogen) atoms. The largest absolute Gasteiger partial charge is 0.466 e. The fraction of sp³-hybridized carbons (Fsp3) is 0.864. The Morgan fingerprint density at radius 2 is 1.97 bits per heavy atom. The van der Waals surface area contributed by atoms with Crippen molar-refractivity contribution in [1.82, 2.24) is 10.2 Å². The van der Waals surface area contributed by atoms with E-state index in [4.69, 9.17) is 4.74 Å². The first-order valence-electron chi connectivity index (χ1n) is 11.0. The zero-order valence-corrected chi connectivity index (χ0v) is 21.6. The van der Waals surface area contributed by atoms with Crippen LogP contribution in [0.15, 0.2) is 0 Å². The smallest absolute Gasteiger partial charge is 0.310 e. The molecule has 2 N–H and O–H groups in total. The third kappa shape index (κ3) is 4.38. The Kier molecular flexibility index (Phi) is 6.83. The molecule has 0 radical (unpaired) electrons. The van der Waals surface area contributed by atoms with E-state index in [0.717, 1.165) is 6.42 Å². The van der Waals surface area contributed by atoms with Gasteiger partial charge in [-0.1, -0.05) is 36.7 Å². The van der Waals surface area contributed by atoms with Crippen molar-refractivity contribution in [3.8, 4) is 0 Å². The number of carbonyl (C=O) groups is 3. The van der Waals surface area contributed by atoms with E-state index >= 15 is 0 Å². The van der Waals surface area contributed by atoms with Crippen LogP contribution in [-0.4, -0.2) is 74.0 Å². The molecule has 3 unspecified atom stereocenters. The van der Waals surface area contributed by atoms with Crippen LogP contribution in [0.1, 0.15) is 54.4 Å². The second-order valence-electron chi connectivity index (χ2n) is 10.8. The van der Waals surface area contributed by atoms with Gasteiger partial charge in [0.1, 0.15) is 6.04 Å². The first kappa shape index (κ1) is 24.8. The van der Waals surface area contributed by atoms with Gasteiger partial charge in [-0.05, 0) is 39.0 Å². The normalized spacial score (nSPS) is 34.8. The predicted molar refractivity (Wildman–Crippen MR) is 124 cm³/mol. The van der Waals surface area contributed by atoms with Gasteiger partial charge in [-0.15, -0.1) is 11.8 Å². The van der Waals surface area contributed by atoms with Crippen LogP contribution >= 0.6 is 27.7 Å². The Morgan fingerprint density at radius 1 is 1.32 bits per heavy atom. The number of likely N-dealkylation sites (tertiary alicyclic amines) is 1. The average Bonchev–Trinajstić information content (AvgIpc) is 3.17. The molecule has 1 spiro atoms. The second-order valence-corrected chi connectivity index (χ2v) is 13.5. The third-order valence-corrected chi connectivity index (χ3v) is 9.59. The first-order valence-corrected chi connectivity index (χ1v) is 12.8. The minimum atomic E-state index is -0.731. The molecule has 0 saturated carbocycles. The maximum Gasteiger partial charge on any atom is 0.310 e. The lowest BCUT2D eigenvalue weighted by Crippen LogP contribution is -2.58. The highest BCUT2D eigenvalue weighted by Gasteiger charge is 2.76. The van der Waals surface area contributed by atoms with E-state index in [2.05, 4.69) is 42.0 Å². The molecule has 0 aromatic heterocycles. The van der Waals surface area contributed by atoms with Crippen LogP contribution in [0.3, 0.4) is 0 Å². The van der Waals surface area contributed by atoms with Crippen molar-refractivity contribution >= 4 is 45.5 Å². The number of hydrogen-bond acceptors (Lipinski definition) is 6. The maximum absolute atomic E-state index is 13.7. The number of aliphatic hydroxyl groups excluding tert-OH is 1. The lowest BCUT2D eigenvalue weighted by Gasteiger charge is -2.39. The fourth-order valence-corrected chi connectivity index (χ4v) is 9.66. The Labute approximate surface area is 197 Å². The Bertz CT molecular complexity index is 755. The molecule has 0 aromatic rings. The van der Waals surface area contributed by atoms with Crippen LogP contribution < -0.4 is 5.32 Å². The molecule has 0 aromatic carbocycles. The summed E-state index contributed by atoms with van der Waals surface area (Å²) in [5.74, 6) is -2.01. The highest BCUT2D eigenvalue weighted by atomic mass is 79.9. The monoisotopic (exact) mass is 518 g/mol. The molecule has 176 valence electrons. The summed E-state index contributed by atoms with van der Waals surface area (Å²) in [6.45, 7) is 12.2. The van der Waals surface area contributed by atoms with Crippen molar-refractivity contribution in [3.05, 3.63) is 0 Å². The Hall–Kier alpha value is -0.800. The highest BCUT2D eigenvalue weighted by molar-refractivity contribution is 9.09. The third-order valence-electron chi connectivity index (χ3n) is 6.37. The molecule has 3 rings (SSSR count). The number of rotatable bonds is 7. The zero-order chi connectivity index (χ0) is 23.4. The van der Waals surface area contributed by atoms with Crippen LogP contribution in [0, 0.1) is 17.3 Å². The second kappa shape index (κ2) is 8.52. The SMILES string of the molecule is CCOC(=O)[C@H]1[C@H]2C(=O)N(CCO)C(C(=O)NC(C)(C)CC(C)(C)C)C23CC(Br)[C@@H]1S3. The lowest BCUT2D eigenvalue weighted by atomic mass is 9.71. The molecule has 3 aliphatic heterocycles. The molecule has 2 amide bonds. The number of fused-ring (bicyclic) bond motifs is 1. The summed E-state index contributed by atoms with van der Waals surface area (Å²) in [5, 5.41) is 12.7. The summed E-state index contributed by atoms with van der Waals surface area (Å²) >= 11 is 5.28. The van der Waals surface area contributed by atoms with Gasteiger partial charge in [-0.3, -0.25) is 14.4 Å². The molecular weight excluding hydrogens is 484 g/mol. The summed E-state index contributed by atoms with van der Waals surface area (Å²) in [4.78, 5) is 41.5. The summed E-state index contributed by atoms with van der Waals surface area (Å²) in [6, 6.07) is -0.731. The van der Waals surface area contributed by atoms with Gasteiger partial charge < -0.3 is 20.1 Å². The Morgan fingerprint density at radius 3 is 2.52 bits per heavy atom. The number of aliphatic hydroxyl groups is 1. The molecule has 2 bridgehead atoms. The lowest BCUT2D eigenvalue weighted by molar-refractivity contribution is -0.153. The van der Waals surface area contributed by atoms with Gasteiger partial charge in [-0.2, -0.15) is 0 Å².